The SMILES string of the molecule is Cc1[nH]c2ccccc2c1C[C@H](N)CC(=O)O.Cl. The van der Waals surface area contributed by atoms with Gasteiger partial charge in [-0.2, -0.15) is 0 Å². The summed E-state index contributed by atoms with van der Waals surface area (Å²) in [7, 11) is 0. The van der Waals surface area contributed by atoms with E-state index in [1.54, 1.807) is 0 Å². The average molecular weight is 269 g/mol. The molecule has 1 atom stereocenters. The van der Waals surface area contributed by atoms with Gasteiger partial charge in [0, 0.05) is 22.6 Å². The molecule has 1 aromatic carbocycles. The van der Waals surface area contributed by atoms with Crippen molar-refractivity contribution in [1.29, 1.82) is 0 Å². The van der Waals surface area contributed by atoms with Crippen LogP contribution in [0.5, 0.6) is 0 Å². The molecule has 0 spiro atoms. The number of nitrogens with two attached hydrogens (primary N) is 1. The summed E-state index contributed by atoms with van der Waals surface area (Å²) in [5.74, 6) is -0.852. The molecule has 2 rings (SSSR count). The first-order valence-corrected chi connectivity index (χ1v) is 5.61. The van der Waals surface area contributed by atoms with Crippen LogP contribution in [0.2, 0.25) is 0 Å². The minimum Gasteiger partial charge on any atom is -0.481 e. The van der Waals surface area contributed by atoms with Gasteiger partial charge in [0.1, 0.15) is 0 Å². The van der Waals surface area contributed by atoms with Gasteiger partial charge in [-0.3, -0.25) is 4.79 Å². The van der Waals surface area contributed by atoms with Crippen LogP contribution in [-0.2, 0) is 11.2 Å². The molecule has 4 nitrogen and oxygen atoms in total. The molecule has 0 bridgehead atoms. The number of carboxylic acid groups (broad SMARTS) is 1. The van der Waals surface area contributed by atoms with Crippen LogP contribution >= 0.6 is 12.4 Å². The summed E-state index contributed by atoms with van der Waals surface area (Å²) in [4.78, 5) is 13.9. The van der Waals surface area contributed by atoms with Gasteiger partial charge in [0.15, 0.2) is 0 Å². The van der Waals surface area contributed by atoms with Crippen LogP contribution in [0.1, 0.15) is 17.7 Å². The number of benzene rings is 1. The Bertz CT molecular complexity index is 551. The Morgan fingerprint density at radius 1 is 1.44 bits per heavy atom. The van der Waals surface area contributed by atoms with Gasteiger partial charge in [-0.25, -0.2) is 0 Å². The van der Waals surface area contributed by atoms with Crippen molar-refractivity contribution in [2.45, 2.75) is 25.8 Å². The van der Waals surface area contributed by atoms with Crippen molar-refractivity contribution in [2.24, 2.45) is 5.73 Å². The highest BCUT2D eigenvalue weighted by Gasteiger charge is 2.14. The molecule has 1 aromatic heterocycles. The van der Waals surface area contributed by atoms with Gasteiger partial charge in [-0.05, 0) is 25.0 Å². The van der Waals surface area contributed by atoms with Crippen LogP contribution in [0.25, 0.3) is 10.9 Å². The van der Waals surface area contributed by atoms with Gasteiger partial charge in [0.25, 0.3) is 0 Å². The molecule has 4 N–H and O–H groups in total. The highest BCUT2D eigenvalue weighted by atomic mass is 35.5. The van der Waals surface area contributed by atoms with E-state index >= 15 is 0 Å². The first kappa shape index (κ1) is 14.5. The number of carbonyl (C=O) groups is 1. The van der Waals surface area contributed by atoms with Crippen molar-refractivity contribution in [2.75, 3.05) is 0 Å². The number of aromatic amines is 1. The van der Waals surface area contributed by atoms with E-state index in [9.17, 15) is 4.79 Å². The van der Waals surface area contributed by atoms with E-state index in [2.05, 4.69) is 4.98 Å². The molecule has 0 aliphatic carbocycles. The number of fused-ring (bicyclic) bond motifs is 1. The second kappa shape index (κ2) is 5.89. The number of nitrogens with one attached hydrogen (secondary N) is 1. The molecule has 0 amide bonds. The molecule has 1 heterocycles. The fourth-order valence-corrected chi connectivity index (χ4v) is 2.16. The zero-order valence-corrected chi connectivity index (χ0v) is 11.0. The third-order valence-electron chi connectivity index (χ3n) is 2.93. The zero-order chi connectivity index (χ0) is 12.4. The summed E-state index contributed by atoms with van der Waals surface area (Å²) in [5, 5.41) is 9.84. The summed E-state index contributed by atoms with van der Waals surface area (Å²) in [6, 6.07) is 7.64. The summed E-state index contributed by atoms with van der Waals surface area (Å²) in [6.45, 7) is 1.99. The highest BCUT2D eigenvalue weighted by molar-refractivity contribution is 5.85. The Labute approximate surface area is 112 Å². The van der Waals surface area contributed by atoms with Crippen molar-refractivity contribution in [1.82, 2.24) is 4.98 Å². The predicted molar refractivity (Wildman–Crippen MR) is 74.2 cm³/mol. The van der Waals surface area contributed by atoms with E-state index < -0.39 is 5.97 Å². The molecular formula is C13H17ClN2O2. The maximum atomic E-state index is 10.6. The number of para-hydroxylation sites is 1. The number of aliphatic carboxylic acids is 1. The molecule has 2 aromatic rings. The maximum absolute atomic E-state index is 10.6. The molecule has 0 radical (unpaired) electrons. The lowest BCUT2D eigenvalue weighted by atomic mass is 10.0. The summed E-state index contributed by atoms with van der Waals surface area (Å²) in [5.41, 5.74) is 9.08. The molecule has 98 valence electrons. The van der Waals surface area contributed by atoms with Crippen molar-refractivity contribution in [3.8, 4) is 0 Å². The van der Waals surface area contributed by atoms with Crippen LogP contribution in [-0.4, -0.2) is 22.1 Å². The van der Waals surface area contributed by atoms with Crippen molar-refractivity contribution in [3.63, 3.8) is 0 Å². The first-order valence-electron chi connectivity index (χ1n) is 5.61. The number of H-pyrrole nitrogens is 1. The second-order valence-electron chi connectivity index (χ2n) is 4.34. The van der Waals surface area contributed by atoms with E-state index in [1.807, 2.05) is 31.2 Å². The third kappa shape index (κ3) is 3.03. The number of rotatable bonds is 4. The Kier molecular flexibility index (Phi) is 4.76. The Balaban J connectivity index is 0.00000162. The number of hydrogen-bond acceptors (Lipinski definition) is 2. The lowest BCUT2D eigenvalue weighted by molar-refractivity contribution is -0.137. The van der Waals surface area contributed by atoms with E-state index in [4.69, 9.17) is 10.8 Å². The van der Waals surface area contributed by atoms with E-state index in [-0.39, 0.29) is 24.9 Å². The minimum atomic E-state index is -0.852. The second-order valence-corrected chi connectivity index (χ2v) is 4.34. The van der Waals surface area contributed by atoms with Crippen molar-refractivity contribution < 1.29 is 9.90 Å². The molecule has 0 unspecified atom stereocenters. The topological polar surface area (TPSA) is 79.1 Å². The lowest BCUT2D eigenvalue weighted by Crippen LogP contribution is -2.26. The Morgan fingerprint density at radius 3 is 2.78 bits per heavy atom. The maximum Gasteiger partial charge on any atom is 0.304 e. The monoisotopic (exact) mass is 268 g/mol. The van der Waals surface area contributed by atoms with Gasteiger partial charge < -0.3 is 15.8 Å². The molecule has 0 aliphatic heterocycles. The smallest absolute Gasteiger partial charge is 0.304 e. The summed E-state index contributed by atoms with van der Waals surface area (Å²) in [6.07, 6.45) is 0.584. The summed E-state index contributed by atoms with van der Waals surface area (Å²) < 4.78 is 0. The van der Waals surface area contributed by atoms with Gasteiger partial charge in [-0.1, -0.05) is 18.2 Å². The molecule has 18 heavy (non-hydrogen) atoms. The number of hydrogen-bond donors (Lipinski definition) is 3. The van der Waals surface area contributed by atoms with Gasteiger partial charge >= 0.3 is 5.97 Å². The zero-order valence-electron chi connectivity index (χ0n) is 10.1. The normalized spacial score (nSPS) is 12.1. The Morgan fingerprint density at radius 2 is 2.11 bits per heavy atom. The number of aryl methyl sites for hydroxylation is 1. The number of halogens is 1. The van der Waals surface area contributed by atoms with Crippen molar-refractivity contribution in [3.05, 3.63) is 35.5 Å². The largest absolute Gasteiger partial charge is 0.481 e. The predicted octanol–water partition coefficient (Wildman–Crippen LogP) is 2.24. The summed E-state index contributed by atoms with van der Waals surface area (Å²) >= 11 is 0. The molecule has 0 saturated carbocycles. The third-order valence-corrected chi connectivity index (χ3v) is 2.93. The van der Waals surface area contributed by atoms with E-state index in [0.29, 0.717) is 6.42 Å². The standard InChI is InChI=1S/C13H16N2O2.ClH/c1-8-11(6-9(14)7-13(16)17)10-4-2-3-5-12(10)15-8;/h2-5,9,15H,6-7,14H2,1H3,(H,16,17);1H/t9-;/m0./s1. The van der Waals surface area contributed by atoms with Crippen LogP contribution in [0, 0.1) is 6.92 Å². The average Bonchev–Trinajstić information content (AvgIpc) is 2.55. The minimum absolute atomic E-state index is 0. The van der Waals surface area contributed by atoms with Gasteiger partial charge in [0.05, 0.1) is 6.42 Å². The number of carboxylic acids is 1. The molecule has 0 fully saturated rings. The lowest BCUT2D eigenvalue weighted by Gasteiger charge is -2.08. The van der Waals surface area contributed by atoms with Gasteiger partial charge in [0.2, 0.25) is 0 Å². The quantitative estimate of drug-likeness (QED) is 0.796. The highest BCUT2D eigenvalue weighted by Crippen LogP contribution is 2.23. The van der Waals surface area contributed by atoms with E-state index in [1.165, 1.54) is 0 Å². The van der Waals surface area contributed by atoms with Crippen LogP contribution in [0.4, 0.5) is 0 Å². The van der Waals surface area contributed by atoms with Crippen LogP contribution in [0.3, 0.4) is 0 Å². The van der Waals surface area contributed by atoms with Gasteiger partial charge in [-0.15, -0.1) is 12.4 Å². The Hall–Kier alpha value is -1.52. The van der Waals surface area contributed by atoms with E-state index in [0.717, 1.165) is 22.2 Å². The fraction of sp³-hybridized carbons (Fsp3) is 0.308. The fourth-order valence-electron chi connectivity index (χ4n) is 2.16. The van der Waals surface area contributed by atoms with Crippen LogP contribution in [0.15, 0.2) is 24.3 Å². The molecular weight excluding hydrogens is 252 g/mol. The van der Waals surface area contributed by atoms with Crippen LogP contribution < -0.4 is 5.73 Å². The first-order chi connectivity index (χ1) is 8.08. The number of aromatic nitrogens is 1. The van der Waals surface area contributed by atoms with Crippen molar-refractivity contribution >= 4 is 29.3 Å². The molecule has 5 heteroatoms. The molecule has 0 saturated heterocycles. The molecule has 0 aliphatic rings.